The lowest BCUT2D eigenvalue weighted by molar-refractivity contribution is 0.0696. The van der Waals surface area contributed by atoms with Gasteiger partial charge in [-0.15, -0.1) is 0 Å². The molecule has 82 valence electrons. The highest BCUT2D eigenvalue weighted by molar-refractivity contribution is 5.93. The van der Waals surface area contributed by atoms with E-state index in [2.05, 4.69) is 4.74 Å². The highest BCUT2D eigenvalue weighted by atomic mass is 16.4. The molecule has 5 nitrogen and oxygen atoms in total. The highest BCUT2D eigenvalue weighted by Crippen LogP contribution is 2.04. The number of carboxylic acids is 2. The molecule has 0 atom stereocenters. The molecule has 2 N–H and O–H groups in total. The number of rotatable bonds is 2. The van der Waals surface area contributed by atoms with Crippen molar-refractivity contribution in [2.45, 2.75) is 0 Å². The van der Waals surface area contributed by atoms with Crippen molar-refractivity contribution in [1.82, 2.24) is 0 Å². The summed E-state index contributed by atoms with van der Waals surface area (Å²) in [7, 11) is 3.25. The molecular weight excluding hydrogens is 200 g/mol. The second-order valence-electron chi connectivity index (χ2n) is 2.60. The molecule has 1 rings (SSSR count). The number of ether oxygens (including phenoxy) is 1. The van der Waals surface area contributed by atoms with Crippen LogP contribution in [-0.2, 0) is 4.74 Å². The number of hydrogen-bond donors (Lipinski definition) is 2. The van der Waals surface area contributed by atoms with Crippen LogP contribution >= 0.6 is 0 Å². The molecule has 0 aliphatic rings. The second kappa shape index (κ2) is 6.56. The minimum absolute atomic E-state index is 0.0186. The molecule has 0 heterocycles. The van der Waals surface area contributed by atoms with Gasteiger partial charge in [0, 0.05) is 14.2 Å². The van der Waals surface area contributed by atoms with Crippen molar-refractivity contribution in [1.29, 1.82) is 0 Å². The Morgan fingerprint density at radius 3 is 1.67 bits per heavy atom. The van der Waals surface area contributed by atoms with Gasteiger partial charge in [0.2, 0.25) is 0 Å². The SMILES string of the molecule is COC.O=C(O)c1cccc(C(=O)O)c1. The molecule has 0 aliphatic heterocycles. The molecule has 0 radical (unpaired) electrons. The smallest absolute Gasteiger partial charge is 0.335 e. The lowest BCUT2D eigenvalue weighted by Crippen LogP contribution is -2.01. The maximum absolute atomic E-state index is 10.4. The fourth-order valence-electron chi connectivity index (χ4n) is 0.785. The third-order valence-corrected chi connectivity index (χ3v) is 1.36. The van der Waals surface area contributed by atoms with Crippen LogP contribution in [0.1, 0.15) is 20.7 Å². The molecular formula is C10H12O5. The number of carbonyl (C=O) groups is 2. The van der Waals surface area contributed by atoms with Gasteiger partial charge >= 0.3 is 11.9 Å². The molecule has 0 saturated carbocycles. The van der Waals surface area contributed by atoms with Gasteiger partial charge in [0.25, 0.3) is 0 Å². The number of benzene rings is 1. The standard InChI is InChI=1S/C8H6O4.C2H6O/c9-7(10)5-2-1-3-6(4-5)8(11)12;1-3-2/h1-4H,(H,9,10)(H,11,12);1-2H3. The van der Waals surface area contributed by atoms with Crippen LogP contribution in [-0.4, -0.2) is 36.4 Å². The lowest BCUT2D eigenvalue weighted by Gasteiger charge is -1.95. The van der Waals surface area contributed by atoms with Crippen molar-refractivity contribution in [2.75, 3.05) is 14.2 Å². The molecule has 15 heavy (non-hydrogen) atoms. The normalized spacial score (nSPS) is 8.67. The van der Waals surface area contributed by atoms with E-state index in [1.54, 1.807) is 14.2 Å². The summed E-state index contributed by atoms with van der Waals surface area (Å²) in [5.74, 6) is -2.25. The van der Waals surface area contributed by atoms with Crippen molar-refractivity contribution in [2.24, 2.45) is 0 Å². The summed E-state index contributed by atoms with van der Waals surface area (Å²) >= 11 is 0. The Morgan fingerprint density at radius 2 is 1.40 bits per heavy atom. The Labute approximate surface area is 86.9 Å². The minimum atomic E-state index is -1.13. The summed E-state index contributed by atoms with van der Waals surface area (Å²) < 4.78 is 4.25. The Hall–Kier alpha value is -1.88. The monoisotopic (exact) mass is 212 g/mol. The van der Waals surface area contributed by atoms with E-state index < -0.39 is 11.9 Å². The van der Waals surface area contributed by atoms with E-state index in [-0.39, 0.29) is 11.1 Å². The van der Waals surface area contributed by atoms with Crippen molar-refractivity contribution in [3.63, 3.8) is 0 Å². The van der Waals surface area contributed by atoms with Crippen LogP contribution in [0.2, 0.25) is 0 Å². The average molecular weight is 212 g/mol. The van der Waals surface area contributed by atoms with Crippen molar-refractivity contribution >= 4 is 11.9 Å². The average Bonchev–Trinajstić information content (AvgIpc) is 2.19. The number of aromatic carboxylic acids is 2. The van der Waals surface area contributed by atoms with Gasteiger partial charge in [0.15, 0.2) is 0 Å². The van der Waals surface area contributed by atoms with Crippen LogP contribution < -0.4 is 0 Å². The van der Waals surface area contributed by atoms with Crippen molar-refractivity contribution in [3.05, 3.63) is 35.4 Å². The predicted molar refractivity (Wildman–Crippen MR) is 53.3 cm³/mol. The zero-order valence-electron chi connectivity index (χ0n) is 8.43. The van der Waals surface area contributed by atoms with Crippen molar-refractivity contribution in [3.8, 4) is 0 Å². The van der Waals surface area contributed by atoms with Gasteiger partial charge in [0.05, 0.1) is 11.1 Å². The van der Waals surface area contributed by atoms with Gasteiger partial charge < -0.3 is 14.9 Å². The molecule has 0 fully saturated rings. The van der Waals surface area contributed by atoms with Crippen LogP contribution in [0, 0.1) is 0 Å². The van der Waals surface area contributed by atoms with Gasteiger partial charge in [-0.25, -0.2) is 9.59 Å². The minimum Gasteiger partial charge on any atom is -0.478 e. The number of carboxylic acid groups (broad SMARTS) is 2. The van der Waals surface area contributed by atoms with Gasteiger partial charge in [-0.3, -0.25) is 0 Å². The first-order valence-corrected chi connectivity index (χ1v) is 3.99. The molecule has 5 heteroatoms. The molecule has 1 aromatic rings. The van der Waals surface area contributed by atoms with Crippen molar-refractivity contribution < 1.29 is 24.5 Å². The molecule has 0 saturated heterocycles. The first kappa shape index (κ1) is 13.1. The predicted octanol–water partition coefficient (Wildman–Crippen LogP) is 1.35. The zero-order chi connectivity index (χ0) is 11.8. The largest absolute Gasteiger partial charge is 0.478 e. The summed E-state index contributed by atoms with van der Waals surface area (Å²) in [4.78, 5) is 20.8. The molecule has 0 aliphatic carbocycles. The maximum Gasteiger partial charge on any atom is 0.335 e. The van der Waals surface area contributed by atoms with Crippen LogP contribution in [0.3, 0.4) is 0 Å². The maximum atomic E-state index is 10.4. The Bertz CT molecular complexity index is 316. The summed E-state index contributed by atoms with van der Waals surface area (Å²) in [6.07, 6.45) is 0. The Balaban J connectivity index is 0.000000583. The van der Waals surface area contributed by atoms with E-state index in [1.807, 2.05) is 0 Å². The topological polar surface area (TPSA) is 83.8 Å². The number of hydrogen-bond acceptors (Lipinski definition) is 3. The Morgan fingerprint density at radius 1 is 1.07 bits per heavy atom. The number of methoxy groups -OCH3 is 1. The first-order chi connectivity index (χ1) is 7.02. The quantitative estimate of drug-likeness (QED) is 0.772. The molecule has 0 unspecified atom stereocenters. The third-order valence-electron chi connectivity index (χ3n) is 1.36. The zero-order valence-corrected chi connectivity index (χ0v) is 8.43. The lowest BCUT2D eigenvalue weighted by atomic mass is 10.1. The van der Waals surface area contributed by atoms with E-state index in [4.69, 9.17) is 10.2 Å². The van der Waals surface area contributed by atoms with E-state index >= 15 is 0 Å². The second-order valence-corrected chi connectivity index (χ2v) is 2.60. The summed E-state index contributed by atoms with van der Waals surface area (Å²) in [5.41, 5.74) is -0.0372. The van der Waals surface area contributed by atoms with Crippen LogP contribution in [0.5, 0.6) is 0 Å². The summed E-state index contributed by atoms with van der Waals surface area (Å²) in [6, 6.07) is 5.20. The fourth-order valence-corrected chi connectivity index (χ4v) is 0.785. The fraction of sp³-hybridized carbons (Fsp3) is 0.200. The molecule has 1 aromatic carbocycles. The summed E-state index contributed by atoms with van der Waals surface area (Å²) in [5, 5.41) is 17.0. The Kier molecular flexibility index (Phi) is 5.73. The molecule has 0 aromatic heterocycles. The molecule has 0 amide bonds. The van der Waals surface area contributed by atoms with Crippen LogP contribution in [0.4, 0.5) is 0 Å². The van der Waals surface area contributed by atoms with E-state index in [0.717, 1.165) is 6.07 Å². The third kappa shape index (κ3) is 4.78. The van der Waals surface area contributed by atoms with E-state index in [0.29, 0.717) is 0 Å². The van der Waals surface area contributed by atoms with E-state index in [1.165, 1.54) is 18.2 Å². The van der Waals surface area contributed by atoms with Crippen LogP contribution in [0.25, 0.3) is 0 Å². The van der Waals surface area contributed by atoms with Crippen LogP contribution in [0.15, 0.2) is 24.3 Å². The molecule has 0 spiro atoms. The van der Waals surface area contributed by atoms with Gasteiger partial charge in [-0.2, -0.15) is 0 Å². The highest BCUT2D eigenvalue weighted by Gasteiger charge is 2.06. The molecule has 0 bridgehead atoms. The summed E-state index contributed by atoms with van der Waals surface area (Å²) in [6.45, 7) is 0. The van der Waals surface area contributed by atoms with Gasteiger partial charge in [0.1, 0.15) is 0 Å². The first-order valence-electron chi connectivity index (χ1n) is 3.99. The van der Waals surface area contributed by atoms with Gasteiger partial charge in [-0.05, 0) is 18.2 Å². The van der Waals surface area contributed by atoms with Gasteiger partial charge in [-0.1, -0.05) is 6.07 Å². The van der Waals surface area contributed by atoms with E-state index in [9.17, 15) is 9.59 Å².